The molecule has 5 heteroatoms. The summed E-state index contributed by atoms with van der Waals surface area (Å²) in [6, 6.07) is 2.03. The van der Waals surface area contributed by atoms with Crippen molar-refractivity contribution in [3.8, 4) is 0 Å². The van der Waals surface area contributed by atoms with Crippen molar-refractivity contribution in [1.29, 1.82) is 0 Å². The van der Waals surface area contributed by atoms with Crippen LogP contribution in [0.5, 0.6) is 0 Å². The van der Waals surface area contributed by atoms with E-state index in [1.807, 2.05) is 13.1 Å². The summed E-state index contributed by atoms with van der Waals surface area (Å²) in [5.41, 5.74) is 0. The zero-order chi connectivity index (χ0) is 14.4. The third-order valence-corrected chi connectivity index (χ3v) is 3.59. The first kappa shape index (κ1) is 15.0. The van der Waals surface area contributed by atoms with E-state index in [9.17, 15) is 0 Å². The largest absolute Gasteiger partial charge is 0.376 e. The highest BCUT2D eigenvalue weighted by Gasteiger charge is 2.22. The topological polar surface area (TPSA) is 50.3 Å². The fourth-order valence-electron chi connectivity index (χ4n) is 2.50. The van der Waals surface area contributed by atoms with Crippen LogP contribution in [0.1, 0.15) is 38.9 Å². The van der Waals surface area contributed by atoms with Crippen molar-refractivity contribution in [2.75, 3.05) is 37.0 Å². The Balaban J connectivity index is 2.09. The predicted octanol–water partition coefficient (Wildman–Crippen LogP) is 2.48. The van der Waals surface area contributed by atoms with Gasteiger partial charge in [-0.15, -0.1) is 0 Å². The Kier molecular flexibility index (Phi) is 5.59. The molecule has 1 aromatic rings. The lowest BCUT2D eigenvalue weighted by atomic mass is 10.1. The maximum Gasteiger partial charge on any atom is 0.134 e. The molecule has 0 amide bonds. The number of anilines is 2. The first-order valence-corrected chi connectivity index (χ1v) is 7.69. The van der Waals surface area contributed by atoms with Gasteiger partial charge in [-0.2, -0.15) is 0 Å². The zero-order valence-electron chi connectivity index (χ0n) is 12.9. The average Bonchev–Trinajstić information content (AvgIpc) is 2.52. The van der Waals surface area contributed by atoms with Crippen molar-refractivity contribution in [3.63, 3.8) is 0 Å². The normalized spacial score (nSPS) is 19.1. The van der Waals surface area contributed by atoms with Crippen molar-refractivity contribution in [1.82, 2.24) is 9.97 Å². The van der Waals surface area contributed by atoms with Crippen LogP contribution in [0.15, 0.2) is 6.07 Å². The Labute approximate surface area is 121 Å². The number of aromatic nitrogens is 2. The highest BCUT2D eigenvalue weighted by atomic mass is 16.5. The molecule has 1 atom stereocenters. The van der Waals surface area contributed by atoms with Gasteiger partial charge >= 0.3 is 0 Å². The summed E-state index contributed by atoms with van der Waals surface area (Å²) in [7, 11) is 1.90. The van der Waals surface area contributed by atoms with Crippen LogP contribution in [0.2, 0.25) is 0 Å². The molecule has 5 nitrogen and oxygen atoms in total. The maximum atomic E-state index is 5.90. The molecule has 0 aliphatic carbocycles. The molecule has 112 valence electrons. The molecule has 1 saturated heterocycles. The SMILES string of the molecule is CCCOC1CCCN(c2cc(NC)nc(CC)n2)C1. The van der Waals surface area contributed by atoms with Gasteiger partial charge in [-0.1, -0.05) is 13.8 Å². The van der Waals surface area contributed by atoms with Crippen molar-refractivity contribution < 1.29 is 4.74 Å². The number of piperidine rings is 1. The third-order valence-electron chi connectivity index (χ3n) is 3.59. The van der Waals surface area contributed by atoms with Gasteiger partial charge < -0.3 is 15.0 Å². The van der Waals surface area contributed by atoms with Crippen LogP contribution in [0.3, 0.4) is 0 Å². The Morgan fingerprint density at radius 3 is 2.95 bits per heavy atom. The Hall–Kier alpha value is -1.36. The number of hydrogen-bond donors (Lipinski definition) is 1. The molecule has 0 saturated carbocycles. The molecule has 1 fully saturated rings. The van der Waals surface area contributed by atoms with E-state index in [0.29, 0.717) is 6.10 Å². The lowest BCUT2D eigenvalue weighted by Crippen LogP contribution is -2.40. The van der Waals surface area contributed by atoms with Gasteiger partial charge in [-0.25, -0.2) is 9.97 Å². The van der Waals surface area contributed by atoms with Crippen LogP contribution >= 0.6 is 0 Å². The van der Waals surface area contributed by atoms with Gasteiger partial charge in [0, 0.05) is 39.2 Å². The van der Waals surface area contributed by atoms with Crippen LogP contribution in [-0.4, -0.2) is 42.8 Å². The molecule has 1 N–H and O–H groups in total. The summed E-state index contributed by atoms with van der Waals surface area (Å²) in [6.07, 6.45) is 4.58. The summed E-state index contributed by atoms with van der Waals surface area (Å²) in [5.74, 6) is 2.80. The summed E-state index contributed by atoms with van der Waals surface area (Å²) < 4.78 is 5.90. The summed E-state index contributed by atoms with van der Waals surface area (Å²) in [6.45, 7) is 7.07. The van der Waals surface area contributed by atoms with E-state index < -0.39 is 0 Å². The lowest BCUT2D eigenvalue weighted by Gasteiger charge is -2.33. The molecule has 20 heavy (non-hydrogen) atoms. The van der Waals surface area contributed by atoms with Crippen LogP contribution in [-0.2, 0) is 11.2 Å². The maximum absolute atomic E-state index is 5.90. The molecule has 0 aromatic carbocycles. The molecular weight excluding hydrogens is 252 g/mol. The van der Waals surface area contributed by atoms with Crippen LogP contribution < -0.4 is 10.2 Å². The van der Waals surface area contributed by atoms with Gasteiger partial charge in [0.05, 0.1) is 6.10 Å². The van der Waals surface area contributed by atoms with Gasteiger partial charge in [0.1, 0.15) is 17.5 Å². The molecular formula is C15H26N4O. The molecule has 2 rings (SSSR count). The summed E-state index contributed by atoms with van der Waals surface area (Å²) in [5, 5.41) is 3.12. The monoisotopic (exact) mass is 278 g/mol. The smallest absolute Gasteiger partial charge is 0.134 e. The second-order valence-corrected chi connectivity index (χ2v) is 5.21. The zero-order valence-corrected chi connectivity index (χ0v) is 12.9. The molecule has 1 aromatic heterocycles. The lowest BCUT2D eigenvalue weighted by molar-refractivity contribution is 0.0439. The number of nitrogens with one attached hydrogen (secondary N) is 1. The summed E-state index contributed by atoms with van der Waals surface area (Å²) in [4.78, 5) is 11.4. The van der Waals surface area contributed by atoms with Gasteiger partial charge in [0.25, 0.3) is 0 Å². The second-order valence-electron chi connectivity index (χ2n) is 5.21. The molecule has 1 aliphatic rings. The fourth-order valence-corrected chi connectivity index (χ4v) is 2.50. The van der Waals surface area contributed by atoms with Gasteiger partial charge in [0.2, 0.25) is 0 Å². The second kappa shape index (κ2) is 7.43. The van der Waals surface area contributed by atoms with Gasteiger partial charge in [-0.05, 0) is 19.3 Å². The van der Waals surface area contributed by atoms with Crippen LogP contribution in [0, 0.1) is 0 Å². The minimum Gasteiger partial charge on any atom is -0.376 e. The molecule has 0 spiro atoms. The van der Waals surface area contributed by atoms with Gasteiger partial charge in [-0.3, -0.25) is 0 Å². The molecule has 0 radical (unpaired) electrons. The van der Waals surface area contributed by atoms with E-state index in [4.69, 9.17) is 4.74 Å². The number of hydrogen-bond acceptors (Lipinski definition) is 5. The molecule has 1 aliphatic heterocycles. The molecule has 1 unspecified atom stereocenters. The van der Waals surface area contributed by atoms with Crippen LogP contribution in [0.25, 0.3) is 0 Å². The third kappa shape index (κ3) is 3.82. The van der Waals surface area contributed by atoms with E-state index in [0.717, 1.165) is 62.8 Å². The van der Waals surface area contributed by atoms with Crippen molar-refractivity contribution in [2.45, 2.75) is 45.6 Å². The number of rotatable bonds is 6. The number of ether oxygens (including phenoxy) is 1. The van der Waals surface area contributed by atoms with E-state index in [1.54, 1.807) is 0 Å². The molecule has 2 heterocycles. The van der Waals surface area contributed by atoms with E-state index in [1.165, 1.54) is 0 Å². The first-order valence-electron chi connectivity index (χ1n) is 7.69. The van der Waals surface area contributed by atoms with Crippen molar-refractivity contribution >= 4 is 11.6 Å². The number of aryl methyl sites for hydroxylation is 1. The van der Waals surface area contributed by atoms with Gasteiger partial charge in [0.15, 0.2) is 0 Å². The fraction of sp³-hybridized carbons (Fsp3) is 0.733. The van der Waals surface area contributed by atoms with Crippen molar-refractivity contribution in [3.05, 3.63) is 11.9 Å². The Morgan fingerprint density at radius 1 is 1.40 bits per heavy atom. The highest BCUT2D eigenvalue weighted by molar-refractivity contribution is 5.49. The van der Waals surface area contributed by atoms with Crippen LogP contribution in [0.4, 0.5) is 11.6 Å². The average molecular weight is 278 g/mol. The Bertz CT molecular complexity index is 402. The van der Waals surface area contributed by atoms with E-state index in [2.05, 4.69) is 34.0 Å². The minimum absolute atomic E-state index is 0.335. The van der Waals surface area contributed by atoms with E-state index >= 15 is 0 Å². The highest BCUT2D eigenvalue weighted by Crippen LogP contribution is 2.22. The van der Waals surface area contributed by atoms with Crippen molar-refractivity contribution in [2.24, 2.45) is 0 Å². The predicted molar refractivity (Wildman–Crippen MR) is 82.4 cm³/mol. The Morgan fingerprint density at radius 2 is 2.25 bits per heavy atom. The first-order chi connectivity index (χ1) is 9.76. The minimum atomic E-state index is 0.335. The summed E-state index contributed by atoms with van der Waals surface area (Å²) >= 11 is 0. The quantitative estimate of drug-likeness (QED) is 0.866. The number of nitrogens with zero attached hydrogens (tertiary/aromatic N) is 3. The van der Waals surface area contributed by atoms with E-state index in [-0.39, 0.29) is 0 Å². The standard InChI is InChI=1S/C15H26N4O/c1-4-9-20-12-7-6-8-19(11-12)15-10-14(16-3)17-13(5-2)18-15/h10,12H,4-9,11H2,1-3H3,(H,16,17,18). The molecule has 0 bridgehead atoms.